The average Bonchev–Trinajstić information content (AvgIpc) is 2.45. The molecule has 0 spiro atoms. The first kappa shape index (κ1) is 16.1. The molecule has 0 saturated carbocycles. The van der Waals surface area contributed by atoms with Crippen molar-refractivity contribution in [2.75, 3.05) is 0 Å². The Balaban J connectivity index is 2.99. The lowest BCUT2D eigenvalue weighted by molar-refractivity contribution is -0.131. The topological polar surface area (TPSA) is 74.6 Å². The highest BCUT2D eigenvalue weighted by Gasteiger charge is 2.12. The number of benzene rings is 1. The summed E-state index contributed by atoms with van der Waals surface area (Å²) in [6, 6.07) is 4.88. The lowest BCUT2D eigenvalue weighted by atomic mass is 9.96. The third kappa shape index (κ3) is 4.97. The minimum absolute atomic E-state index is 0.474. The summed E-state index contributed by atoms with van der Waals surface area (Å²) in [5, 5.41) is 18.9. The van der Waals surface area contributed by atoms with Crippen molar-refractivity contribution in [3.63, 3.8) is 0 Å². The van der Waals surface area contributed by atoms with Crippen LogP contribution in [0.25, 0.3) is 6.08 Å². The van der Waals surface area contributed by atoms with E-state index in [-0.39, 0.29) is 0 Å². The van der Waals surface area contributed by atoms with Crippen LogP contribution in [0.3, 0.4) is 0 Å². The van der Waals surface area contributed by atoms with Gasteiger partial charge in [0, 0.05) is 11.6 Å². The van der Waals surface area contributed by atoms with Crippen molar-refractivity contribution in [1.29, 1.82) is 0 Å². The van der Waals surface area contributed by atoms with E-state index in [9.17, 15) is 14.7 Å². The minimum Gasteiger partial charge on any atom is -0.478 e. The standard InChI is InChI=1S/C16H20O4/c1-2-3-4-5-15(18)14-10-12(11-17)6-7-13(14)8-9-16(19)20/h6-11,15,18H,2-5H2,1H3,(H,19,20). The maximum Gasteiger partial charge on any atom is 0.328 e. The second-order valence-corrected chi connectivity index (χ2v) is 4.69. The number of aliphatic hydroxyl groups excluding tert-OH is 1. The highest BCUT2D eigenvalue weighted by atomic mass is 16.4. The van der Waals surface area contributed by atoms with Crippen LogP contribution in [-0.4, -0.2) is 22.5 Å². The van der Waals surface area contributed by atoms with Crippen molar-refractivity contribution in [2.24, 2.45) is 0 Å². The number of carboxylic acid groups (broad SMARTS) is 1. The first-order valence-corrected chi connectivity index (χ1v) is 6.76. The summed E-state index contributed by atoms with van der Waals surface area (Å²) in [4.78, 5) is 21.4. The number of aliphatic hydroxyl groups is 1. The normalized spacial score (nSPS) is 12.5. The number of carbonyl (C=O) groups is 2. The molecule has 0 fully saturated rings. The van der Waals surface area contributed by atoms with Gasteiger partial charge in [-0.1, -0.05) is 38.3 Å². The van der Waals surface area contributed by atoms with Crippen molar-refractivity contribution in [3.05, 3.63) is 41.0 Å². The Morgan fingerprint density at radius 1 is 1.35 bits per heavy atom. The fourth-order valence-corrected chi connectivity index (χ4v) is 2.01. The molecule has 1 aromatic rings. The molecule has 1 unspecified atom stereocenters. The third-order valence-electron chi connectivity index (χ3n) is 3.09. The van der Waals surface area contributed by atoms with Gasteiger partial charge in [0.1, 0.15) is 6.29 Å². The maximum atomic E-state index is 10.8. The zero-order chi connectivity index (χ0) is 15.0. The monoisotopic (exact) mass is 276 g/mol. The number of aldehydes is 1. The molecule has 0 bridgehead atoms. The van der Waals surface area contributed by atoms with E-state index in [1.807, 2.05) is 0 Å². The van der Waals surface area contributed by atoms with Gasteiger partial charge in [0.2, 0.25) is 0 Å². The van der Waals surface area contributed by atoms with E-state index in [0.29, 0.717) is 29.4 Å². The predicted molar refractivity (Wildman–Crippen MR) is 77.6 cm³/mol. The van der Waals surface area contributed by atoms with Gasteiger partial charge in [-0.2, -0.15) is 0 Å². The smallest absolute Gasteiger partial charge is 0.328 e. The molecule has 0 aromatic heterocycles. The van der Waals surface area contributed by atoms with E-state index in [4.69, 9.17) is 5.11 Å². The number of unbranched alkanes of at least 4 members (excludes halogenated alkanes) is 2. The van der Waals surface area contributed by atoms with Crippen molar-refractivity contribution in [2.45, 2.75) is 38.7 Å². The second-order valence-electron chi connectivity index (χ2n) is 4.69. The molecule has 0 aliphatic heterocycles. The molecular weight excluding hydrogens is 256 g/mol. The molecule has 0 aliphatic carbocycles. The Morgan fingerprint density at radius 3 is 2.70 bits per heavy atom. The molecule has 0 heterocycles. The van der Waals surface area contributed by atoms with E-state index < -0.39 is 12.1 Å². The Morgan fingerprint density at radius 2 is 2.10 bits per heavy atom. The Labute approximate surface area is 118 Å². The van der Waals surface area contributed by atoms with Gasteiger partial charge in [-0.25, -0.2) is 4.79 Å². The lowest BCUT2D eigenvalue weighted by Gasteiger charge is -2.14. The number of carbonyl (C=O) groups excluding carboxylic acids is 1. The Bertz CT molecular complexity index is 491. The molecule has 20 heavy (non-hydrogen) atoms. The van der Waals surface area contributed by atoms with Crippen LogP contribution in [0.2, 0.25) is 0 Å². The molecule has 1 aromatic carbocycles. The van der Waals surface area contributed by atoms with E-state index in [2.05, 4.69) is 6.92 Å². The van der Waals surface area contributed by atoms with E-state index >= 15 is 0 Å². The first-order valence-electron chi connectivity index (χ1n) is 6.76. The van der Waals surface area contributed by atoms with Crippen LogP contribution in [0.5, 0.6) is 0 Å². The van der Waals surface area contributed by atoms with E-state index in [1.54, 1.807) is 18.2 Å². The van der Waals surface area contributed by atoms with E-state index in [1.165, 1.54) is 6.08 Å². The van der Waals surface area contributed by atoms with Gasteiger partial charge >= 0.3 is 5.97 Å². The number of hydrogen-bond donors (Lipinski definition) is 2. The molecule has 0 amide bonds. The molecule has 0 saturated heterocycles. The van der Waals surface area contributed by atoms with Gasteiger partial charge in [-0.15, -0.1) is 0 Å². The van der Waals surface area contributed by atoms with Crippen LogP contribution >= 0.6 is 0 Å². The molecule has 0 radical (unpaired) electrons. The summed E-state index contributed by atoms with van der Waals surface area (Å²) in [6.45, 7) is 2.08. The fraction of sp³-hybridized carbons (Fsp3) is 0.375. The molecule has 4 heteroatoms. The summed E-state index contributed by atoms with van der Waals surface area (Å²) >= 11 is 0. The van der Waals surface area contributed by atoms with Crippen molar-refractivity contribution in [3.8, 4) is 0 Å². The molecule has 4 nitrogen and oxygen atoms in total. The summed E-state index contributed by atoms with van der Waals surface area (Å²) in [7, 11) is 0. The third-order valence-corrected chi connectivity index (χ3v) is 3.09. The summed E-state index contributed by atoms with van der Waals surface area (Å²) in [5.41, 5.74) is 1.70. The van der Waals surface area contributed by atoms with Crippen LogP contribution in [0.1, 0.15) is 60.2 Å². The lowest BCUT2D eigenvalue weighted by Crippen LogP contribution is -2.02. The minimum atomic E-state index is -1.05. The number of carboxylic acids is 1. The highest BCUT2D eigenvalue weighted by molar-refractivity contribution is 5.86. The Hall–Kier alpha value is -1.94. The zero-order valence-electron chi connectivity index (χ0n) is 11.6. The second kappa shape index (κ2) is 8.27. The summed E-state index contributed by atoms with van der Waals surface area (Å²) in [5.74, 6) is -1.05. The average molecular weight is 276 g/mol. The molecular formula is C16H20O4. The van der Waals surface area contributed by atoms with Crippen molar-refractivity contribution in [1.82, 2.24) is 0 Å². The fourth-order valence-electron chi connectivity index (χ4n) is 2.01. The van der Waals surface area contributed by atoms with Crippen molar-refractivity contribution >= 4 is 18.3 Å². The Kier molecular flexibility index (Phi) is 6.67. The largest absolute Gasteiger partial charge is 0.478 e. The van der Waals surface area contributed by atoms with Crippen LogP contribution < -0.4 is 0 Å². The molecule has 1 rings (SSSR count). The van der Waals surface area contributed by atoms with Gasteiger partial charge in [0.15, 0.2) is 0 Å². The molecule has 1 atom stereocenters. The van der Waals surface area contributed by atoms with Gasteiger partial charge in [0.05, 0.1) is 6.10 Å². The summed E-state index contributed by atoms with van der Waals surface area (Å²) in [6.07, 6.45) is 6.09. The van der Waals surface area contributed by atoms with Crippen LogP contribution in [0.15, 0.2) is 24.3 Å². The van der Waals surface area contributed by atoms with Crippen molar-refractivity contribution < 1.29 is 19.8 Å². The van der Waals surface area contributed by atoms with E-state index in [0.717, 1.165) is 25.3 Å². The number of rotatable bonds is 8. The highest BCUT2D eigenvalue weighted by Crippen LogP contribution is 2.25. The van der Waals surface area contributed by atoms with Gasteiger partial charge in [-0.05, 0) is 29.7 Å². The van der Waals surface area contributed by atoms with Crippen LogP contribution in [0.4, 0.5) is 0 Å². The van der Waals surface area contributed by atoms with Crippen LogP contribution in [-0.2, 0) is 4.79 Å². The quantitative estimate of drug-likeness (QED) is 0.434. The SMILES string of the molecule is CCCCCC(O)c1cc(C=O)ccc1C=CC(=O)O. The van der Waals surface area contributed by atoms with Gasteiger partial charge in [0.25, 0.3) is 0 Å². The first-order chi connectivity index (χ1) is 9.58. The van der Waals surface area contributed by atoms with Gasteiger partial charge in [-0.3, -0.25) is 4.79 Å². The predicted octanol–water partition coefficient (Wildman–Crippen LogP) is 3.21. The van der Waals surface area contributed by atoms with Gasteiger partial charge < -0.3 is 10.2 Å². The molecule has 0 aliphatic rings. The zero-order valence-corrected chi connectivity index (χ0v) is 11.6. The van der Waals surface area contributed by atoms with Crippen LogP contribution in [0, 0.1) is 0 Å². The summed E-state index contributed by atoms with van der Waals surface area (Å²) < 4.78 is 0. The number of hydrogen-bond acceptors (Lipinski definition) is 3. The number of aliphatic carboxylic acids is 1. The molecule has 108 valence electrons. The molecule has 2 N–H and O–H groups in total. The maximum absolute atomic E-state index is 10.8.